The molecular formula is C16H13Cl3O2. The van der Waals surface area contributed by atoms with Crippen molar-refractivity contribution in [3.63, 3.8) is 0 Å². The van der Waals surface area contributed by atoms with Crippen LogP contribution in [0.3, 0.4) is 0 Å². The van der Waals surface area contributed by atoms with E-state index in [1.54, 1.807) is 49.4 Å². The minimum atomic E-state index is -0.615. The number of halogens is 3. The Bertz CT molecular complexity index is 635. The summed E-state index contributed by atoms with van der Waals surface area (Å²) in [7, 11) is 0. The van der Waals surface area contributed by atoms with Gasteiger partial charge in [0.2, 0.25) is 0 Å². The van der Waals surface area contributed by atoms with Gasteiger partial charge in [-0.25, -0.2) is 0 Å². The summed E-state index contributed by atoms with van der Waals surface area (Å²) < 4.78 is 5.59. The minimum absolute atomic E-state index is 0.107. The van der Waals surface area contributed by atoms with Gasteiger partial charge < -0.3 is 4.74 Å². The molecule has 110 valence electrons. The van der Waals surface area contributed by atoms with Gasteiger partial charge in [-0.1, -0.05) is 46.9 Å². The van der Waals surface area contributed by atoms with Crippen molar-refractivity contribution >= 4 is 40.6 Å². The first-order valence-electron chi connectivity index (χ1n) is 6.35. The first kappa shape index (κ1) is 16.2. The van der Waals surface area contributed by atoms with Crippen LogP contribution in [0.15, 0.2) is 42.5 Å². The van der Waals surface area contributed by atoms with E-state index in [0.29, 0.717) is 26.4 Å². The summed E-state index contributed by atoms with van der Waals surface area (Å²) in [5.74, 6) is 0.443. The average molecular weight is 344 g/mol. The molecule has 0 aromatic heterocycles. The molecule has 2 rings (SSSR count). The van der Waals surface area contributed by atoms with E-state index in [9.17, 15) is 4.79 Å². The molecule has 0 heterocycles. The molecule has 0 aliphatic rings. The monoisotopic (exact) mass is 342 g/mol. The molecular weight excluding hydrogens is 331 g/mol. The lowest BCUT2D eigenvalue weighted by Crippen LogP contribution is -2.25. The fourth-order valence-electron chi connectivity index (χ4n) is 1.83. The topological polar surface area (TPSA) is 26.3 Å². The van der Waals surface area contributed by atoms with Gasteiger partial charge in [0.1, 0.15) is 5.75 Å². The van der Waals surface area contributed by atoms with E-state index in [0.717, 1.165) is 0 Å². The Kier molecular flexibility index (Phi) is 5.51. The predicted molar refractivity (Wildman–Crippen MR) is 86.7 cm³/mol. The third-order valence-electron chi connectivity index (χ3n) is 2.98. The van der Waals surface area contributed by atoms with Gasteiger partial charge in [-0.3, -0.25) is 4.79 Å². The molecule has 0 aliphatic carbocycles. The molecule has 0 fully saturated rings. The number of carbonyl (C=O) groups excluding carboxylic acids is 1. The van der Waals surface area contributed by atoms with Gasteiger partial charge in [0.25, 0.3) is 0 Å². The van der Waals surface area contributed by atoms with Crippen molar-refractivity contribution in [3.05, 3.63) is 63.1 Å². The standard InChI is InChI=1S/C16H13Cl3O2/c1-10(21-12-5-2-4-11(17)8-12)16(20)9-13-14(18)6-3-7-15(13)19/h2-8,10H,9H2,1H3. The van der Waals surface area contributed by atoms with Gasteiger partial charge in [0.15, 0.2) is 11.9 Å². The van der Waals surface area contributed by atoms with Crippen LogP contribution in [0.1, 0.15) is 12.5 Å². The fourth-order valence-corrected chi connectivity index (χ4v) is 2.54. The highest BCUT2D eigenvalue weighted by Crippen LogP contribution is 2.26. The van der Waals surface area contributed by atoms with Crippen LogP contribution >= 0.6 is 34.8 Å². The van der Waals surface area contributed by atoms with Crippen LogP contribution in [0.5, 0.6) is 5.75 Å². The van der Waals surface area contributed by atoms with Gasteiger partial charge in [-0.15, -0.1) is 0 Å². The van der Waals surface area contributed by atoms with Gasteiger partial charge in [-0.05, 0) is 42.8 Å². The van der Waals surface area contributed by atoms with Gasteiger partial charge in [0, 0.05) is 21.5 Å². The van der Waals surface area contributed by atoms with Crippen LogP contribution in [0.2, 0.25) is 15.1 Å². The molecule has 1 unspecified atom stereocenters. The zero-order valence-corrected chi connectivity index (χ0v) is 13.5. The molecule has 0 radical (unpaired) electrons. The second kappa shape index (κ2) is 7.17. The molecule has 1 atom stereocenters. The van der Waals surface area contributed by atoms with Crippen LogP contribution in [0.4, 0.5) is 0 Å². The first-order chi connectivity index (χ1) is 9.97. The molecule has 2 nitrogen and oxygen atoms in total. The maximum Gasteiger partial charge on any atom is 0.177 e. The zero-order valence-electron chi connectivity index (χ0n) is 11.3. The summed E-state index contributed by atoms with van der Waals surface area (Å²) in [6.45, 7) is 1.69. The van der Waals surface area contributed by atoms with E-state index < -0.39 is 6.10 Å². The van der Waals surface area contributed by atoms with Crippen LogP contribution in [-0.4, -0.2) is 11.9 Å². The average Bonchev–Trinajstić information content (AvgIpc) is 2.43. The van der Waals surface area contributed by atoms with Crippen LogP contribution in [0, 0.1) is 0 Å². The second-order valence-electron chi connectivity index (χ2n) is 4.56. The summed E-state index contributed by atoms with van der Waals surface area (Å²) in [4.78, 5) is 12.2. The maximum absolute atomic E-state index is 12.2. The zero-order chi connectivity index (χ0) is 15.4. The molecule has 21 heavy (non-hydrogen) atoms. The van der Waals surface area contributed by atoms with E-state index in [1.165, 1.54) is 0 Å². The lowest BCUT2D eigenvalue weighted by molar-refractivity contribution is -0.124. The van der Waals surface area contributed by atoms with Crippen LogP contribution < -0.4 is 4.74 Å². The Balaban J connectivity index is 2.06. The molecule has 0 spiro atoms. The number of carbonyl (C=O) groups is 1. The van der Waals surface area contributed by atoms with E-state index in [4.69, 9.17) is 39.5 Å². The van der Waals surface area contributed by atoms with Crippen molar-refractivity contribution in [2.75, 3.05) is 0 Å². The van der Waals surface area contributed by atoms with E-state index in [-0.39, 0.29) is 12.2 Å². The SMILES string of the molecule is CC(Oc1cccc(Cl)c1)C(=O)Cc1c(Cl)cccc1Cl. The molecule has 0 saturated heterocycles. The highest BCUT2D eigenvalue weighted by Gasteiger charge is 2.18. The van der Waals surface area contributed by atoms with E-state index >= 15 is 0 Å². The molecule has 0 saturated carbocycles. The van der Waals surface area contributed by atoms with E-state index in [1.807, 2.05) is 0 Å². The Morgan fingerprint density at radius 3 is 2.33 bits per heavy atom. The summed E-state index contributed by atoms with van der Waals surface area (Å²) in [6.07, 6.45) is -0.490. The Morgan fingerprint density at radius 1 is 1.10 bits per heavy atom. The lowest BCUT2D eigenvalue weighted by atomic mass is 10.1. The van der Waals surface area contributed by atoms with Crippen molar-refractivity contribution in [1.29, 1.82) is 0 Å². The first-order valence-corrected chi connectivity index (χ1v) is 7.48. The smallest absolute Gasteiger partial charge is 0.177 e. The third-order valence-corrected chi connectivity index (χ3v) is 3.92. The summed E-state index contributed by atoms with van der Waals surface area (Å²) in [6, 6.07) is 12.1. The minimum Gasteiger partial charge on any atom is -0.483 e. The van der Waals surface area contributed by atoms with Crippen molar-refractivity contribution < 1.29 is 9.53 Å². The Morgan fingerprint density at radius 2 is 1.71 bits per heavy atom. The molecule has 0 bridgehead atoms. The number of Topliss-reactive ketones (excluding diaryl/α,β-unsaturated/α-hetero) is 1. The highest BCUT2D eigenvalue weighted by atomic mass is 35.5. The van der Waals surface area contributed by atoms with Crippen molar-refractivity contribution in [2.45, 2.75) is 19.4 Å². The maximum atomic E-state index is 12.2. The number of hydrogen-bond donors (Lipinski definition) is 0. The molecule has 2 aromatic carbocycles. The largest absolute Gasteiger partial charge is 0.483 e. The van der Waals surface area contributed by atoms with E-state index in [2.05, 4.69) is 0 Å². The van der Waals surface area contributed by atoms with Gasteiger partial charge in [-0.2, -0.15) is 0 Å². The van der Waals surface area contributed by atoms with Crippen molar-refractivity contribution in [2.24, 2.45) is 0 Å². The summed E-state index contributed by atoms with van der Waals surface area (Å²) in [5.41, 5.74) is 0.618. The van der Waals surface area contributed by atoms with Crippen molar-refractivity contribution in [3.8, 4) is 5.75 Å². The molecule has 0 amide bonds. The normalized spacial score (nSPS) is 12.0. The van der Waals surface area contributed by atoms with Gasteiger partial charge in [0.05, 0.1) is 0 Å². The number of ketones is 1. The predicted octanol–water partition coefficient (Wildman–Crippen LogP) is 5.23. The summed E-state index contributed by atoms with van der Waals surface area (Å²) in [5, 5.41) is 1.51. The second-order valence-corrected chi connectivity index (χ2v) is 5.81. The summed E-state index contributed by atoms with van der Waals surface area (Å²) >= 11 is 18.0. The third kappa shape index (κ3) is 4.37. The number of hydrogen-bond acceptors (Lipinski definition) is 2. The lowest BCUT2D eigenvalue weighted by Gasteiger charge is -2.15. The quantitative estimate of drug-likeness (QED) is 0.743. The number of rotatable bonds is 5. The van der Waals surface area contributed by atoms with Crippen LogP contribution in [-0.2, 0) is 11.2 Å². The highest BCUT2D eigenvalue weighted by molar-refractivity contribution is 6.36. The number of benzene rings is 2. The van der Waals surface area contributed by atoms with Crippen LogP contribution in [0.25, 0.3) is 0 Å². The van der Waals surface area contributed by atoms with Gasteiger partial charge >= 0.3 is 0 Å². The molecule has 2 aromatic rings. The van der Waals surface area contributed by atoms with Crippen molar-refractivity contribution in [1.82, 2.24) is 0 Å². The molecule has 0 aliphatic heterocycles. The number of ether oxygens (including phenoxy) is 1. The fraction of sp³-hybridized carbons (Fsp3) is 0.188. The molecule has 5 heteroatoms. The Labute approximate surface area is 138 Å². The molecule has 0 N–H and O–H groups in total. The Hall–Kier alpha value is -1.22.